The summed E-state index contributed by atoms with van der Waals surface area (Å²) in [6, 6.07) is 0. The quantitative estimate of drug-likeness (QED) is 0.151. The molecule has 7 nitrogen and oxygen atoms in total. The lowest BCUT2D eigenvalue weighted by molar-refractivity contribution is -0.138. The molecule has 0 aromatic heterocycles. The van der Waals surface area contributed by atoms with Gasteiger partial charge in [-0.25, -0.2) is 4.79 Å². The molecule has 4 aliphatic rings. The molecule has 42 heavy (non-hydrogen) atoms. The first kappa shape index (κ1) is 33.3. The Labute approximate surface area is 254 Å². The summed E-state index contributed by atoms with van der Waals surface area (Å²) in [6.07, 6.45) is 16.0. The van der Waals surface area contributed by atoms with Crippen LogP contribution in [0, 0.1) is 46.3 Å². The number of allylic oxidation sites excluding steroid dienone is 1. The molecule has 3 saturated carbocycles. The van der Waals surface area contributed by atoms with Gasteiger partial charge in [0.2, 0.25) is 0 Å². The Balaban J connectivity index is 1.22. The fourth-order valence-electron chi connectivity index (χ4n) is 9.65. The zero-order valence-corrected chi connectivity index (χ0v) is 27.1. The van der Waals surface area contributed by atoms with Crippen LogP contribution in [0.4, 0.5) is 4.79 Å². The van der Waals surface area contributed by atoms with Gasteiger partial charge in [-0.3, -0.25) is 4.79 Å². The van der Waals surface area contributed by atoms with Crippen molar-refractivity contribution in [1.29, 1.82) is 0 Å². The number of aliphatic carboxylic acids is 1. The predicted octanol–water partition coefficient (Wildman–Crippen LogP) is 7.63. The van der Waals surface area contributed by atoms with Gasteiger partial charge < -0.3 is 24.6 Å². The van der Waals surface area contributed by atoms with Gasteiger partial charge in [-0.05, 0) is 91.3 Å². The fourth-order valence-corrected chi connectivity index (χ4v) is 9.65. The minimum absolute atomic E-state index is 0.00957. The van der Waals surface area contributed by atoms with Crippen molar-refractivity contribution in [2.75, 3.05) is 33.0 Å². The molecule has 0 heterocycles. The number of hydrogen-bond acceptors (Lipinski definition) is 5. The van der Waals surface area contributed by atoms with Gasteiger partial charge in [0.05, 0.1) is 32.8 Å². The van der Waals surface area contributed by atoms with Crippen LogP contribution in [-0.2, 0) is 19.0 Å². The highest BCUT2D eigenvalue weighted by Crippen LogP contribution is 2.67. The van der Waals surface area contributed by atoms with Crippen molar-refractivity contribution in [1.82, 2.24) is 5.32 Å². The summed E-state index contributed by atoms with van der Waals surface area (Å²) < 4.78 is 16.5. The number of alkyl carbamates (subject to hydrolysis) is 1. The second-order valence-corrected chi connectivity index (χ2v) is 14.9. The van der Waals surface area contributed by atoms with Crippen LogP contribution in [-0.4, -0.2) is 56.2 Å². The van der Waals surface area contributed by atoms with Crippen LogP contribution in [0.3, 0.4) is 0 Å². The standard InChI is InChI=1S/C35H59NO6/c1-24(2)7-6-8-25(3)29-11-12-30-28-10-9-26-23-27(13-16-34(26,4)31(28)14-17-35(29,30)5)42-33(39)36-18-20-41-22-21-40-19-15-32(37)38/h9,24-25,27-31H,6-8,10-23H2,1-5H3,(H,36,39)(H,37,38)/t25-,27+,28+,29?,30+,31+,34+,35-/m1/s1. The molecule has 0 bridgehead atoms. The van der Waals surface area contributed by atoms with Crippen LogP contribution >= 0.6 is 0 Å². The first-order valence-corrected chi connectivity index (χ1v) is 17.1. The highest BCUT2D eigenvalue weighted by Gasteiger charge is 2.59. The number of carboxylic acid groups (broad SMARTS) is 1. The van der Waals surface area contributed by atoms with Gasteiger partial charge in [0.25, 0.3) is 0 Å². The number of fused-ring (bicyclic) bond motifs is 5. The van der Waals surface area contributed by atoms with E-state index in [0.29, 0.717) is 31.8 Å². The number of hydrogen-bond donors (Lipinski definition) is 2. The van der Waals surface area contributed by atoms with Crippen molar-refractivity contribution >= 4 is 12.1 Å². The smallest absolute Gasteiger partial charge is 0.407 e. The van der Waals surface area contributed by atoms with E-state index in [1.807, 2.05) is 0 Å². The van der Waals surface area contributed by atoms with E-state index in [1.165, 1.54) is 51.4 Å². The maximum atomic E-state index is 12.5. The SMILES string of the molecule is CC(C)CCC[C@@H](C)C1CC[C@H]2[C@@H]3CC=C4C[C@@H](OC(=O)NCCOCCOCCC(=O)O)CC[C@]4(C)[C@H]3CC[C@]12C. The van der Waals surface area contributed by atoms with Crippen LogP contribution in [0.2, 0.25) is 0 Å². The van der Waals surface area contributed by atoms with Crippen LogP contribution in [0.25, 0.3) is 0 Å². The van der Waals surface area contributed by atoms with Crippen LogP contribution in [0.5, 0.6) is 0 Å². The summed E-state index contributed by atoms with van der Waals surface area (Å²) in [7, 11) is 0. The maximum absolute atomic E-state index is 12.5. The topological polar surface area (TPSA) is 94.1 Å². The highest BCUT2D eigenvalue weighted by atomic mass is 16.6. The molecule has 4 rings (SSSR count). The van der Waals surface area contributed by atoms with Crippen LogP contribution < -0.4 is 5.32 Å². The molecular formula is C35H59NO6. The van der Waals surface area contributed by atoms with Gasteiger partial charge in [-0.1, -0.05) is 65.5 Å². The summed E-state index contributed by atoms with van der Waals surface area (Å²) >= 11 is 0. The number of amides is 1. The predicted molar refractivity (Wildman–Crippen MR) is 165 cm³/mol. The third-order valence-corrected chi connectivity index (χ3v) is 11.9. The highest BCUT2D eigenvalue weighted by molar-refractivity contribution is 5.67. The van der Waals surface area contributed by atoms with E-state index >= 15 is 0 Å². The van der Waals surface area contributed by atoms with Crippen molar-refractivity contribution in [2.24, 2.45) is 46.3 Å². The molecule has 240 valence electrons. The molecule has 0 aromatic carbocycles. The molecule has 1 amide bonds. The molecule has 1 unspecified atom stereocenters. The lowest BCUT2D eigenvalue weighted by Gasteiger charge is -2.58. The van der Waals surface area contributed by atoms with Crippen LogP contribution in [0.15, 0.2) is 11.6 Å². The normalized spacial score (nSPS) is 34.6. The molecule has 8 atom stereocenters. The van der Waals surface area contributed by atoms with E-state index in [-0.39, 0.29) is 30.6 Å². The summed E-state index contributed by atoms with van der Waals surface area (Å²) in [5.41, 5.74) is 2.30. The molecule has 0 radical (unpaired) electrons. The van der Waals surface area contributed by atoms with Crippen molar-refractivity contribution in [3.05, 3.63) is 11.6 Å². The van der Waals surface area contributed by atoms with Gasteiger partial charge in [0, 0.05) is 13.0 Å². The second-order valence-electron chi connectivity index (χ2n) is 14.9. The largest absolute Gasteiger partial charge is 0.481 e. The summed E-state index contributed by atoms with van der Waals surface area (Å²) in [5.74, 6) is 4.12. The molecule has 2 N–H and O–H groups in total. The Kier molecular flexibility index (Phi) is 11.8. The first-order valence-electron chi connectivity index (χ1n) is 17.1. The molecule has 7 heteroatoms. The number of carbonyl (C=O) groups is 2. The summed E-state index contributed by atoms with van der Waals surface area (Å²) in [5, 5.41) is 11.4. The van der Waals surface area contributed by atoms with E-state index in [9.17, 15) is 9.59 Å². The van der Waals surface area contributed by atoms with Gasteiger partial charge in [-0.15, -0.1) is 0 Å². The average Bonchev–Trinajstić information content (AvgIpc) is 3.29. The van der Waals surface area contributed by atoms with E-state index < -0.39 is 5.97 Å². The maximum Gasteiger partial charge on any atom is 0.407 e. The number of rotatable bonds is 15. The van der Waals surface area contributed by atoms with Crippen molar-refractivity contribution in [3.63, 3.8) is 0 Å². The van der Waals surface area contributed by atoms with Gasteiger partial charge >= 0.3 is 12.1 Å². The third-order valence-electron chi connectivity index (χ3n) is 11.9. The minimum Gasteiger partial charge on any atom is -0.481 e. The van der Waals surface area contributed by atoms with Gasteiger partial charge in [0.15, 0.2) is 0 Å². The lowest BCUT2D eigenvalue weighted by Crippen LogP contribution is -2.51. The molecule has 3 fully saturated rings. The van der Waals surface area contributed by atoms with Crippen molar-refractivity contribution < 1.29 is 28.9 Å². The monoisotopic (exact) mass is 589 g/mol. The Morgan fingerprint density at radius 3 is 2.48 bits per heavy atom. The van der Waals surface area contributed by atoms with Crippen molar-refractivity contribution in [3.8, 4) is 0 Å². The summed E-state index contributed by atoms with van der Waals surface area (Å²) in [4.78, 5) is 22.9. The third kappa shape index (κ3) is 7.91. The first-order chi connectivity index (χ1) is 20.0. The molecule has 4 aliphatic carbocycles. The Hall–Kier alpha value is -1.60. The molecule has 0 aliphatic heterocycles. The Morgan fingerprint density at radius 2 is 1.74 bits per heavy atom. The van der Waals surface area contributed by atoms with Crippen LogP contribution in [0.1, 0.15) is 112 Å². The second kappa shape index (κ2) is 14.9. The zero-order valence-electron chi connectivity index (χ0n) is 27.1. The Morgan fingerprint density at radius 1 is 0.976 bits per heavy atom. The fraction of sp³-hybridized carbons (Fsp3) is 0.886. The zero-order chi connectivity index (χ0) is 30.3. The molecule has 0 saturated heterocycles. The molecule has 0 spiro atoms. The van der Waals surface area contributed by atoms with E-state index in [1.54, 1.807) is 5.57 Å². The van der Waals surface area contributed by atoms with Gasteiger partial charge in [-0.2, -0.15) is 0 Å². The molecular weight excluding hydrogens is 530 g/mol. The number of ether oxygens (including phenoxy) is 3. The number of nitrogens with one attached hydrogen (secondary N) is 1. The van der Waals surface area contributed by atoms with E-state index in [0.717, 1.165) is 54.8 Å². The average molecular weight is 590 g/mol. The minimum atomic E-state index is -0.873. The summed E-state index contributed by atoms with van der Waals surface area (Å²) in [6.45, 7) is 14.1. The number of carbonyl (C=O) groups excluding carboxylic acids is 1. The number of carboxylic acids is 1. The van der Waals surface area contributed by atoms with Crippen molar-refractivity contribution in [2.45, 2.75) is 118 Å². The lowest BCUT2D eigenvalue weighted by atomic mass is 9.47. The van der Waals surface area contributed by atoms with E-state index in [4.69, 9.17) is 19.3 Å². The molecule has 0 aromatic rings. The Bertz CT molecular complexity index is 934. The van der Waals surface area contributed by atoms with E-state index in [2.05, 4.69) is 46.0 Å². The van der Waals surface area contributed by atoms with Gasteiger partial charge in [0.1, 0.15) is 6.10 Å².